The van der Waals surface area contributed by atoms with E-state index in [0.717, 1.165) is 54.7 Å². The maximum Gasteiger partial charge on any atom is 0.329 e. The van der Waals surface area contributed by atoms with Crippen molar-refractivity contribution < 1.29 is 9.53 Å². The maximum atomic E-state index is 12.8. The lowest BCUT2D eigenvalue weighted by atomic mass is 10.1. The van der Waals surface area contributed by atoms with Crippen molar-refractivity contribution in [3.63, 3.8) is 0 Å². The molecule has 7 nitrogen and oxygen atoms in total. The number of carbonyl (C=O) groups is 1. The highest BCUT2D eigenvalue weighted by molar-refractivity contribution is 5.93. The number of nitrogens with one attached hydrogen (secondary N) is 1. The number of amides is 2. The number of ether oxygens (including phenoxy) is 1. The summed E-state index contributed by atoms with van der Waals surface area (Å²) >= 11 is 0. The maximum absolute atomic E-state index is 12.8. The first-order valence-corrected chi connectivity index (χ1v) is 10.4. The van der Waals surface area contributed by atoms with Gasteiger partial charge in [-0.05, 0) is 57.7 Å². The van der Waals surface area contributed by atoms with Crippen molar-refractivity contribution in [3.8, 4) is 0 Å². The van der Waals surface area contributed by atoms with Crippen molar-refractivity contribution in [1.29, 1.82) is 0 Å². The van der Waals surface area contributed by atoms with Gasteiger partial charge < -0.3 is 15.0 Å². The third-order valence-electron chi connectivity index (χ3n) is 5.46. The molecule has 154 valence electrons. The molecule has 2 amide bonds. The van der Waals surface area contributed by atoms with Crippen molar-refractivity contribution in [2.45, 2.75) is 66.2 Å². The number of anilines is 1. The van der Waals surface area contributed by atoms with Gasteiger partial charge in [-0.2, -0.15) is 0 Å². The summed E-state index contributed by atoms with van der Waals surface area (Å²) in [7, 11) is 0. The third-order valence-corrected chi connectivity index (χ3v) is 5.46. The van der Waals surface area contributed by atoms with E-state index in [4.69, 9.17) is 4.74 Å². The molecule has 0 radical (unpaired) electrons. The van der Waals surface area contributed by atoms with Crippen LogP contribution in [0, 0.1) is 6.92 Å². The summed E-state index contributed by atoms with van der Waals surface area (Å²) in [6.45, 7) is 11.3. The van der Waals surface area contributed by atoms with E-state index in [-0.39, 0.29) is 17.8 Å². The second-order valence-corrected chi connectivity index (χ2v) is 7.44. The van der Waals surface area contributed by atoms with Gasteiger partial charge in [0.25, 0.3) is 0 Å². The van der Waals surface area contributed by atoms with Crippen LogP contribution in [0.4, 0.5) is 10.5 Å². The number of fused-ring (bicyclic) bond motifs is 1. The van der Waals surface area contributed by atoms with Crippen LogP contribution in [-0.4, -0.2) is 45.9 Å². The molecule has 0 bridgehead atoms. The molecular weight excluding hydrogens is 356 g/mol. The number of urea groups is 1. The molecular formula is C21H32N4O3. The minimum Gasteiger partial charge on any atom is -0.376 e. The summed E-state index contributed by atoms with van der Waals surface area (Å²) in [5.74, 6) is 0. The minimum atomic E-state index is -0.104. The van der Waals surface area contributed by atoms with Gasteiger partial charge in [-0.15, -0.1) is 0 Å². The topological polar surface area (TPSA) is 68.5 Å². The molecule has 1 aliphatic rings. The summed E-state index contributed by atoms with van der Waals surface area (Å²) in [5.41, 5.74) is 3.47. The van der Waals surface area contributed by atoms with Crippen LogP contribution in [0.15, 0.2) is 16.9 Å². The van der Waals surface area contributed by atoms with Gasteiger partial charge in [-0.25, -0.2) is 9.59 Å². The number of imidazole rings is 1. The van der Waals surface area contributed by atoms with Gasteiger partial charge in [0.05, 0.1) is 17.1 Å². The van der Waals surface area contributed by atoms with Crippen molar-refractivity contribution in [3.05, 3.63) is 28.2 Å². The normalized spacial score (nSPS) is 17.3. The number of aromatic nitrogens is 2. The fourth-order valence-electron chi connectivity index (χ4n) is 3.95. The zero-order chi connectivity index (χ0) is 20.3. The second kappa shape index (κ2) is 8.82. The minimum absolute atomic E-state index is 0.00479. The quantitative estimate of drug-likeness (QED) is 0.822. The average Bonchev–Trinajstić information content (AvgIpc) is 2.96. The number of nitrogens with zero attached hydrogens (tertiary/aromatic N) is 3. The number of likely N-dealkylation sites (tertiary alicyclic amines) is 1. The predicted octanol–water partition coefficient (Wildman–Crippen LogP) is 3.57. The summed E-state index contributed by atoms with van der Waals surface area (Å²) in [5, 5.41) is 3.05. The Bertz CT molecular complexity index is 899. The predicted molar refractivity (Wildman–Crippen MR) is 112 cm³/mol. The Morgan fingerprint density at radius 3 is 2.50 bits per heavy atom. The van der Waals surface area contributed by atoms with E-state index in [1.54, 1.807) is 9.13 Å². The van der Waals surface area contributed by atoms with Crippen LogP contribution >= 0.6 is 0 Å². The number of aryl methyl sites for hydroxylation is 3. The lowest BCUT2D eigenvalue weighted by Gasteiger charge is -2.32. The van der Waals surface area contributed by atoms with Gasteiger partial charge in [0.15, 0.2) is 0 Å². The number of rotatable bonds is 6. The molecule has 1 aromatic heterocycles. The molecule has 3 rings (SSSR count). The number of hydrogen-bond donors (Lipinski definition) is 1. The Hall–Kier alpha value is -2.28. The monoisotopic (exact) mass is 388 g/mol. The number of piperidine rings is 1. The van der Waals surface area contributed by atoms with Gasteiger partial charge in [-0.1, -0.05) is 6.92 Å². The zero-order valence-electron chi connectivity index (χ0n) is 17.5. The van der Waals surface area contributed by atoms with Gasteiger partial charge >= 0.3 is 11.7 Å². The van der Waals surface area contributed by atoms with Crippen LogP contribution < -0.4 is 11.0 Å². The Labute approximate surface area is 166 Å². The van der Waals surface area contributed by atoms with Gasteiger partial charge in [0, 0.05) is 38.5 Å². The summed E-state index contributed by atoms with van der Waals surface area (Å²) in [4.78, 5) is 27.3. The fourth-order valence-corrected chi connectivity index (χ4v) is 3.95. The van der Waals surface area contributed by atoms with E-state index in [1.807, 2.05) is 37.8 Å². The van der Waals surface area contributed by atoms with Crippen LogP contribution in [0.3, 0.4) is 0 Å². The Morgan fingerprint density at radius 1 is 1.18 bits per heavy atom. The van der Waals surface area contributed by atoms with Gasteiger partial charge in [-0.3, -0.25) is 9.13 Å². The summed E-state index contributed by atoms with van der Waals surface area (Å²) in [6, 6.07) is 3.81. The molecule has 1 fully saturated rings. The van der Waals surface area contributed by atoms with Crippen molar-refractivity contribution >= 4 is 22.8 Å². The second-order valence-electron chi connectivity index (χ2n) is 7.44. The fraction of sp³-hybridized carbons (Fsp3) is 0.619. The highest BCUT2D eigenvalue weighted by atomic mass is 16.5. The molecule has 28 heavy (non-hydrogen) atoms. The Balaban J connectivity index is 1.83. The van der Waals surface area contributed by atoms with Crippen LogP contribution in [-0.2, 0) is 17.8 Å². The van der Waals surface area contributed by atoms with E-state index in [2.05, 4.69) is 12.2 Å². The zero-order valence-corrected chi connectivity index (χ0v) is 17.5. The van der Waals surface area contributed by atoms with Crippen molar-refractivity contribution in [2.24, 2.45) is 0 Å². The Kier molecular flexibility index (Phi) is 6.44. The van der Waals surface area contributed by atoms with Gasteiger partial charge in [0.1, 0.15) is 0 Å². The molecule has 7 heteroatoms. The lowest BCUT2D eigenvalue weighted by molar-refractivity contribution is 0.0115. The average molecular weight is 389 g/mol. The largest absolute Gasteiger partial charge is 0.376 e. The summed E-state index contributed by atoms with van der Waals surface area (Å²) < 4.78 is 9.37. The van der Waals surface area contributed by atoms with Crippen LogP contribution in [0.2, 0.25) is 0 Å². The van der Waals surface area contributed by atoms with Crippen LogP contribution in [0.25, 0.3) is 11.0 Å². The molecule has 2 aromatic rings. The summed E-state index contributed by atoms with van der Waals surface area (Å²) in [6.07, 6.45) is 3.06. The third kappa shape index (κ3) is 3.94. The molecule has 1 N–H and O–H groups in total. The van der Waals surface area contributed by atoms with Crippen molar-refractivity contribution in [1.82, 2.24) is 14.0 Å². The standard InChI is InChI=1S/C21H32N4O3/c1-5-11-28-16-9-8-10-23(14-16)20(26)22-17-13-19-18(12-15(17)4)24(6-2)21(27)25(19)7-3/h12-13,16H,5-11,14H2,1-4H3,(H,22,26)/t16-/m1/s1. The molecule has 1 aromatic carbocycles. The number of benzene rings is 1. The highest BCUT2D eigenvalue weighted by Gasteiger charge is 2.24. The molecule has 1 atom stereocenters. The molecule has 2 heterocycles. The first kappa shape index (κ1) is 20.5. The SMILES string of the molecule is CCCO[C@@H]1CCCN(C(=O)Nc2cc3c(cc2C)n(CC)c(=O)n3CC)C1. The molecule has 0 saturated carbocycles. The number of carbonyl (C=O) groups excluding carboxylic acids is 1. The van der Waals surface area contributed by atoms with E-state index in [9.17, 15) is 9.59 Å². The van der Waals surface area contributed by atoms with E-state index >= 15 is 0 Å². The smallest absolute Gasteiger partial charge is 0.329 e. The molecule has 1 saturated heterocycles. The van der Waals surface area contributed by atoms with E-state index in [1.165, 1.54) is 0 Å². The van der Waals surface area contributed by atoms with E-state index < -0.39 is 0 Å². The molecule has 0 aliphatic carbocycles. The first-order chi connectivity index (χ1) is 13.5. The molecule has 0 unspecified atom stereocenters. The van der Waals surface area contributed by atoms with Gasteiger partial charge in [0.2, 0.25) is 0 Å². The first-order valence-electron chi connectivity index (χ1n) is 10.4. The Morgan fingerprint density at radius 2 is 1.86 bits per heavy atom. The van der Waals surface area contributed by atoms with Crippen molar-refractivity contribution in [2.75, 3.05) is 25.0 Å². The van der Waals surface area contributed by atoms with E-state index in [0.29, 0.717) is 19.6 Å². The highest BCUT2D eigenvalue weighted by Crippen LogP contribution is 2.24. The van der Waals surface area contributed by atoms with Crippen LogP contribution in [0.5, 0.6) is 0 Å². The molecule has 0 spiro atoms. The number of hydrogen-bond acceptors (Lipinski definition) is 3. The lowest BCUT2D eigenvalue weighted by Crippen LogP contribution is -2.45. The molecule has 1 aliphatic heterocycles. The van der Waals surface area contributed by atoms with Crippen LogP contribution in [0.1, 0.15) is 45.6 Å².